The van der Waals surface area contributed by atoms with Crippen LogP contribution in [0.25, 0.3) is 22.7 Å². The molecule has 4 nitrogen and oxygen atoms in total. The summed E-state index contributed by atoms with van der Waals surface area (Å²) in [6, 6.07) is 7.38. The number of fused-ring (bicyclic) bond motifs is 1. The van der Waals surface area contributed by atoms with Crippen LogP contribution in [-0.4, -0.2) is 9.97 Å². The fourth-order valence-corrected chi connectivity index (χ4v) is 2.79. The van der Waals surface area contributed by atoms with Crippen LogP contribution < -0.4 is 5.73 Å². The van der Waals surface area contributed by atoms with Crippen LogP contribution in [0.2, 0.25) is 0 Å². The molecule has 2 N–H and O–H groups in total. The number of nitrogens with zero attached hydrogens (tertiary/aromatic N) is 2. The van der Waals surface area contributed by atoms with Crippen molar-refractivity contribution in [3.63, 3.8) is 0 Å². The van der Waals surface area contributed by atoms with E-state index in [0.717, 1.165) is 14.5 Å². The number of nitrogen functional groups attached to an aromatic ring is 1. The van der Waals surface area contributed by atoms with Gasteiger partial charge in [0.15, 0.2) is 11.2 Å². The summed E-state index contributed by atoms with van der Waals surface area (Å²) in [6.45, 7) is 0. The van der Waals surface area contributed by atoms with Gasteiger partial charge in [-0.25, -0.2) is 4.98 Å². The van der Waals surface area contributed by atoms with Gasteiger partial charge in [-0.2, -0.15) is 4.98 Å². The van der Waals surface area contributed by atoms with Gasteiger partial charge in [-0.1, -0.05) is 0 Å². The zero-order chi connectivity index (χ0) is 12.7. The fraction of sp³-hybridized carbons (Fsp3) is 0. The van der Waals surface area contributed by atoms with Crippen molar-refractivity contribution in [2.45, 2.75) is 0 Å². The average molecular weight is 369 g/mol. The number of benzene rings is 1. The number of oxazole rings is 1. The Kier molecular flexibility index (Phi) is 2.83. The summed E-state index contributed by atoms with van der Waals surface area (Å²) in [5.41, 5.74) is 8.58. The van der Waals surface area contributed by atoms with Crippen LogP contribution in [0.5, 0.6) is 0 Å². The molecule has 0 aliphatic heterocycles. The maximum atomic E-state index is 5.85. The second-order valence-electron chi connectivity index (χ2n) is 3.70. The summed E-state index contributed by atoms with van der Waals surface area (Å²) in [7, 11) is 0. The van der Waals surface area contributed by atoms with Crippen LogP contribution in [0.1, 0.15) is 0 Å². The molecule has 0 atom stereocenters. The Hall–Kier alpha value is -1.40. The molecule has 0 bridgehead atoms. The molecule has 3 rings (SSSR count). The van der Waals surface area contributed by atoms with Crippen molar-refractivity contribution in [1.29, 1.82) is 0 Å². The highest BCUT2D eigenvalue weighted by atomic mass is 79.9. The molecular weight excluding hydrogens is 362 g/mol. The summed E-state index contributed by atoms with van der Waals surface area (Å²) in [6.07, 6.45) is 1.68. The van der Waals surface area contributed by atoms with Crippen LogP contribution in [0.15, 0.2) is 43.8 Å². The van der Waals surface area contributed by atoms with Crippen molar-refractivity contribution in [2.75, 3.05) is 5.73 Å². The summed E-state index contributed by atoms with van der Waals surface area (Å²) in [5.74, 6) is 0.519. The highest BCUT2D eigenvalue weighted by molar-refractivity contribution is 9.11. The highest BCUT2D eigenvalue weighted by Gasteiger charge is 2.12. The Balaban J connectivity index is 2.20. The van der Waals surface area contributed by atoms with E-state index in [-0.39, 0.29) is 0 Å². The standard InChI is InChI=1S/C12H7Br2N3O/c13-7-4-6(5-8(14)10(7)15)12-17-11-9(18-12)2-1-3-16-11/h1-5H,15H2. The van der Waals surface area contributed by atoms with Crippen LogP contribution in [-0.2, 0) is 0 Å². The normalized spacial score (nSPS) is 11.0. The van der Waals surface area contributed by atoms with E-state index in [4.69, 9.17) is 10.2 Å². The molecule has 3 aromatic rings. The first-order chi connectivity index (χ1) is 8.65. The van der Waals surface area contributed by atoms with Gasteiger partial charge in [0.25, 0.3) is 0 Å². The van der Waals surface area contributed by atoms with E-state index in [1.54, 1.807) is 6.20 Å². The Bertz CT molecular complexity index is 683. The molecule has 0 saturated heterocycles. The lowest BCUT2D eigenvalue weighted by atomic mass is 10.2. The van der Waals surface area contributed by atoms with Crippen molar-refractivity contribution in [3.05, 3.63) is 39.4 Å². The molecular formula is C12H7Br2N3O. The molecule has 1 aromatic carbocycles. The minimum atomic E-state index is 0.519. The Morgan fingerprint density at radius 2 is 1.89 bits per heavy atom. The molecule has 0 aliphatic rings. The maximum absolute atomic E-state index is 5.85. The lowest BCUT2D eigenvalue weighted by Crippen LogP contribution is -1.89. The van der Waals surface area contributed by atoms with Crippen molar-refractivity contribution in [3.8, 4) is 11.5 Å². The number of anilines is 1. The number of hydrogen-bond donors (Lipinski definition) is 1. The molecule has 90 valence electrons. The minimum Gasteiger partial charge on any atom is -0.434 e. The number of halogens is 2. The highest BCUT2D eigenvalue weighted by Crippen LogP contribution is 2.34. The lowest BCUT2D eigenvalue weighted by molar-refractivity contribution is 0.619. The van der Waals surface area contributed by atoms with Gasteiger partial charge >= 0.3 is 0 Å². The fourth-order valence-electron chi connectivity index (χ4n) is 1.60. The Labute approximate surface area is 119 Å². The van der Waals surface area contributed by atoms with Crippen molar-refractivity contribution in [2.24, 2.45) is 0 Å². The SMILES string of the molecule is Nc1c(Br)cc(-c2nc3ncccc3o2)cc1Br. The van der Waals surface area contributed by atoms with Gasteiger partial charge in [-0.15, -0.1) is 0 Å². The Morgan fingerprint density at radius 3 is 2.56 bits per heavy atom. The number of rotatable bonds is 1. The van der Waals surface area contributed by atoms with Crippen LogP contribution in [0, 0.1) is 0 Å². The predicted octanol–water partition coefficient (Wildman–Crippen LogP) is 4.00. The first-order valence-corrected chi connectivity index (χ1v) is 6.70. The number of nitrogens with two attached hydrogens (primary N) is 1. The molecule has 0 amide bonds. The smallest absolute Gasteiger partial charge is 0.228 e. The zero-order valence-electron chi connectivity index (χ0n) is 9.02. The van der Waals surface area contributed by atoms with E-state index in [2.05, 4.69) is 41.8 Å². The molecule has 0 unspecified atom stereocenters. The number of aromatic nitrogens is 2. The van der Waals surface area contributed by atoms with Gasteiger partial charge in [0.05, 0.1) is 5.69 Å². The van der Waals surface area contributed by atoms with Crippen LogP contribution in [0.4, 0.5) is 5.69 Å². The van der Waals surface area contributed by atoms with Crippen molar-refractivity contribution >= 4 is 48.8 Å². The monoisotopic (exact) mass is 367 g/mol. The van der Waals surface area contributed by atoms with E-state index in [1.807, 2.05) is 24.3 Å². The van der Waals surface area contributed by atoms with Gasteiger partial charge in [0.2, 0.25) is 5.89 Å². The molecule has 2 aromatic heterocycles. The molecule has 0 spiro atoms. The quantitative estimate of drug-likeness (QED) is 0.659. The molecule has 6 heteroatoms. The van der Waals surface area contributed by atoms with E-state index in [1.165, 1.54) is 0 Å². The van der Waals surface area contributed by atoms with Gasteiger partial charge < -0.3 is 10.2 Å². The van der Waals surface area contributed by atoms with Crippen molar-refractivity contribution in [1.82, 2.24) is 9.97 Å². The van der Waals surface area contributed by atoms with Gasteiger partial charge in [0, 0.05) is 20.7 Å². The van der Waals surface area contributed by atoms with Crippen molar-refractivity contribution < 1.29 is 4.42 Å². The Morgan fingerprint density at radius 1 is 1.17 bits per heavy atom. The topological polar surface area (TPSA) is 64.9 Å². The van der Waals surface area contributed by atoms with E-state index in [0.29, 0.717) is 22.8 Å². The molecule has 0 aliphatic carbocycles. The third kappa shape index (κ3) is 1.91. The minimum absolute atomic E-state index is 0.519. The number of pyridine rings is 1. The van der Waals surface area contributed by atoms with Gasteiger partial charge in [0.1, 0.15) is 0 Å². The van der Waals surface area contributed by atoms with Crippen LogP contribution in [0.3, 0.4) is 0 Å². The average Bonchev–Trinajstić information content (AvgIpc) is 2.79. The van der Waals surface area contributed by atoms with E-state index in [9.17, 15) is 0 Å². The molecule has 2 heterocycles. The molecule has 18 heavy (non-hydrogen) atoms. The lowest BCUT2D eigenvalue weighted by Gasteiger charge is -2.03. The first kappa shape index (κ1) is 11.7. The van der Waals surface area contributed by atoms with Crippen LogP contribution >= 0.6 is 31.9 Å². The summed E-state index contributed by atoms with van der Waals surface area (Å²) in [5, 5.41) is 0. The van der Waals surface area contributed by atoms with Gasteiger partial charge in [-0.05, 0) is 56.1 Å². The third-order valence-electron chi connectivity index (χ3n) is 2.49. The van der Waals surface area contributed by atoms with Gasteiger partial charge in [-0.3, -0.25) is 0 Å². The summed E-state index contributed by atoms with van der Waals surface area (Å²) < 4.78 is 7.24. The first-order valence-electron chi connectivity index (χ1n) is 5.11. The molecule has 0 fully saturated rings. The van der Waals surface area contributed by atoms with E-state index >= 15 is 0 Å². The third-order valence-corrected chi connectivity index (χ3v) is 3.80. The zero-order valence-corrected chi connectivity index (χ0v) is 12.2. The largest absolute Gasteiger partial charge is 0.434 e. The summed E-state index contributed by atoms with van der Waals surface area (Å²) >= 11 is 6.80. The van der Waals surface area contributed by atoms with E-state index < -0.39 is 0 Å². The maximum Gasteiger partial charge on any atom is 0.228 e. The second kappa shape index (κ2) is 4.37. The molecule has 0 saturated carbocycles. The summed E-state index contributed by atoms with van der Waals surface area (Å²) in [4.78, 5) is 8.47. The predicted molar refractivity (Wildman–Crippen MR) is 77.1 cm³/mol. The second-order valence-corrected chi connectivity index (χ2v) is 5.41. The molecule has 0 radical (unpaired) electrons. The number of hydrogen-bond acceptors (Lipinski definition) is 4.